The summed E-state index contributed by atoms with van der Waals surface area (Å²) in [6.07, 6.45) is 4.01. The lowest BCUT2D eigenvalue weighted by atomic mass is 10.2. The van der Waals surface area contributed by atoms with E-state index in [9.17, 15) is 9.59 Å². The zero-order valence-electron chi connectivity index (χ0n) is 13.4. The number of nitrogens with one attached hydrogen (secondary N) is 1. The molecule has 0 unspecified atom stereocenters. The minimum Gasteiger partial charge on any atom is -0.494 e. The molecule has 0 aliphatic rings. The van der Waals surface area contributed by atoms with E-state index < -0.39 is 17.7 Å². The highest BCUT2D eigenvalue weighted by molar-refractivity contribution is 5.82. The number of carbonyl (C=O) groups excluding carboxylic acids is 2. The third kappa shape index (κ3) is 11.5. The van der Waals surface area contributed by atoms with Crippen molar-refractivity contribution in [2.45, 2.75) is 40.2 Å². The molecule has 0 saturated heterocycles. The maximum absolute atomic E-state index is 11.4. The van der Waals surface area contributed by atoms with Crippen LogP contribution in [-0.4, -0.2) is 37.4 Å². The van der Waals surface area contributed by atoms with Crippen molar-refractivity contribution in [3.63, 3.8) is 0 Å². The van der Waals surface area contributed by atoms with Gasteiger partial charge in [-0.05, 0) is 40.7 Å². The Kier molecular flexibility index (Phi) is 8.92. The van der Waals surface area contributed by atoms with Crippen molar-refractivity contribution in [2.24, 2.45) is 0 Å². The molecule has 6 heteroatoms. The number of hydrogen-bond acceptors (Lipinski definition) is 5. The van der Waals surface area contributed by atoms with Crippen LogP contribution in [0.3, 0.4) is 0 Å². The Bertz CT molecular complexity index is 393. The molecular formula is C15H25NO5. The Morgan fingerprint density at radius 1 is 1.10 bits per heavy atom. The molecule has 1 amide bonds. The summed E-state index contributed by atoms with van der Waals surface area (Å²) in [5, 5.41) is 2.57. The number of rotatable bonds is 7. The summed E-state index contributed by atoms with van der Waals surface area (Å²) in [6, 6.07) is 0. The molecule has 120 valence electrons. The number of alkyl carbamates (subject to hydrolysis) is 1. The molecule has 0 fully saturated rings. The number of hydrogen-bond donors (Lipinski definition) is 1. The normalized spacial score (nSPS) is 12.1. The Hall–Kier alpha value is -1.98. The van der Waals surface area contributed by atoms with Gasteiger partial charge in [0.1, 0.15) is 11.4 Å². The summed E-state index contributed by atoms with van der Waals surface area (Å²) >= 11 is 0. The van der Waals surface area contributed by atoms with Gasteiger partial charge in [0.05, 0.1) is 19.3 Å². The van der Waals surface area contributed by atoms with Gasteiger partial charge in [0.2, 0.25) is 0 Å². The third-order valence-corrected chi connectivity index (χ3v) is 1.90. The Morgan fingerprint density at radius 3 is 2.24 bits per heavy atom. The van der Waals surface area contributed by atoms with Crippen LogP contribution in [0, 0.1) is 0 Å². The maximum atomic E-state index is 11.4. The first-order valence-corrected chi connectivity index (χ1v) is 6.93. The van der Waals surface area contributed by atoms with E-state index in [2.05, 4.69) is 5.32 Å². The van der Waals surface area contributed by atoms with Gasteiger partial charge in [-0.25, -0.2) is 9.59 Å². The highest BCUT2D eigenvalue weighted by Crippen LogP contribution is 2.06. The predicted octanol–water partition coefficient (Wildman–Crippen LogP) is 2.55. The maximum Gasteiger partial charge on any atom is 0.407 e. The van der Waals surface area contributed by atoms with Crippen molar-refractivity contribution in [3.8, 4) is 0 Å². The molecule has 0 aromatic heterocycles. The lowest BCUT2D eigenvalue weighted by Crippen LogP contribution is -2.32. The topological polar surface area (TPSA) is 73.9 Å². The molecule has 0 aromatic carbocycles. The van der Waals surface area contributed by atoms with Gasteiger partial charge in [-0.2, -0.15) is 0 Å². The van der Waals surface area contributed by atoms with Gasteiger partial charge >= 0.3 is 12.1 Å². The van der Waals surface area contributed by atoms with Crippen LogP contribution in [0.15, 0.2) is 24.0 Å². The Labute approximate surface area is 126 Å². The lowest BCUT2D eigenvalue weighted by Gasteiger charge is -2.19. The molecule has 0 saturated carbocycles. The van der Waals surface area contributed by atoms with E-state index in [4.69, 9.17) is 14.2 Å². The highest BCUT2D eigenvalue weighted by atomic mass is 16.6. The van der Waals surface area contributed by atoms with Crippen molar-refractivity contribution in [1.82, 2.24) is 5.32 Å². The average Bonchev–Trinajstić information content (AvgIpc) is 2.32. The van der Waals surface area contributed by atoms with Gasteiger partial charge in [0.15, 0.2) is 0 Å². The molecule has 0 aliphatic carbocycles. The van der Waals surface area contributed by atoms with E-state index in [1.165, 1.54) is 6.08 Å². The van der Waals surface area contributed by atoms with Crippen LogP contribution in [0.25, 0.3) is 0 Å². The minimum absolute atomic E-state index is 0.266. The molecule has 0 heterocycles. The summed E-state index contributed by atoms with van der Waals surface area (Å²) in [6.45, 7) is 9.90. The monoisotopic (exact) mass is 299 g/mol. The molecular weight excluding hydrogens is 274 g/mol. The van der Waals surface area contributed by atoms with E-state index in [0.29, 0.717) is 19.0 Å². The minimum atomic E-state index is -0.534. The highest BCUT2D eigenvalue weighted by Gasteiger charge is 2.14. The molecule has 0 spiro atoms. The number of amides is 1. The standard InChI is InChI=1S/C15H25NO5/c1-6-19-12(11-13(17)20-7-2)9-8-10-16-14(18)21-15(3,4)5/h8-9,11H,6-7,10H2,1-5H3,(H,16,18)/b9-8+,12-11+. The second-order valence-corrected chi connectivity index (χ2v) is 5.02. The second-order valence-electron chi connectivity index (χ2n) is 5.02. The van der Waals surface area contributed by atoms with Gasteiger partial charge in [-0.1, -0.05) is 6.08 Å². The summed E-state index contributed by atoms with van der Waals surface area (Å²) in [5.74, 6) is -0.0901. The van der Waals surface area contributed by atoms with Crippen molar-refractivity contribution in [2.75, 3.05) is 19.8 Å². The van der Waals surface area contributed by atoms with E-state index in [0.717, 1.165) is 0 Å². The van der Waals surface area contributed by atoms with Crippen LogP contribution in [0.4, 0.5) is 4.79 Å². The van der Waals surface area contributed by atoms with Crippen LogP contribution in [0.2, 0.25) is 0 Å². The fourth-order valence-electron chi connectivity index (χ4n) is 1.24. The van der Waals surface area contributed by atoms with E-state index in [-0.39, 0.29) is 6.54 Å². The fourth-order valence-corrected chi connectivity index (χ4v) is 1.24. The zero-order valence-corrected chi connectivity index (χ0v) is 13.4. The largest absolute Gasteiger partial charge is 0.494 e. The quantitative estimate of drug-likeness (QED) is 0.338. The molecule has 6 nitrogen and oxygen atoms in total. The molecule has 1 N–H and O–H groups in total. The smallest absolute Gasteiger partial charge is 0.407 e. The molecule has 0 atom stereocenters. The molecule has 0 rings (SSSR count). The molecule has 0 radical (unpaired) electrons. The summed E-state index contributed by atoms with van der Waals surface area (Å²) < 4.78 is 15.2. The first-order valence-electron chi connectivity index (χ1n) is 6.93. The van der Waals surface area contributed by atoms with E-state index in [1.807, 2.05) is 6.92 Å². The van der Waals surface area contributed by atoms with Gasteiger partial charge in [-0.3, -0.25) is 0 Å². The second kappa shape index (κ2) is 9.85. The first kappa shape index (κ1) is 19.0. The molecule has 0 aromatic rings. The fraction of sp³-hybridized carbons (Fsp3) is 0.600. The van der Waals surface area contributed by atoms with Crippen LogP contribution >= 0.6 is 0 Å². The van der Waals surface area contributed by atoms with Crippen molar-refractivity contribution >= 4 is 12.1 Å². The van der Waals surface area contributed by atoms with Crippen LogP contribution in [-0.2, 0) is 19.0 Å². The van der Waals surface area contributed by atoms with Gasteiger partial charge in [-0.15, -0.1) is 0 Å². The summed E-state index contributed by atoms with van der Waals surface area (Å²) in [4.78, 5) is 22.7. The molecule has 0 aliphatic heterocycles. The van der Waals surface area contributed by atoms with Gasteiger partial charge in [0.25, 0.3) is 0 Å². The van der Waals surface area contributed by atoms with Gasteiger partial charge in [0, 0.05) is 6.54 Å². The van der Waals surface area contributed by atoms with E-state index in [1.54, 1.807) is 39.8 Å². The zero-order chi connectivity index (χ0) is 16.3. The lowest BCUT2D eigenvalue weighted by molar-refractivity contribution is -0.137. The first-order chi connectivity index (χ1) is 9.78. The SMILES string of the molecule is CCOC(=O)/C=C(\C=C\CNC(=O)OC(C)(C)C)OCC. The molecule has 0 bridgehead atoms. The third-order valence-electron chi connectivity index (χ3n) is 1.90. The number of carbonyl (C=O) groups is 2. The van der Waals surface area contributed by atoms with Gasteiger partial charge < -0.3 is 19.5 Å². The van der Waals surface area contributed by atoms with Crippen molar-refractivity contribution in [3.05, 3.63) is 24.0 Å². The van der Waals surface area contributed by atoms with Crippen LogP contribution in [0.5, 0.6) is 0 Å². The van der Waals surface area contributed by atoms with Crippen LogP contribution in [0.1, 0.15) is 34.6 Å². The molecule has 21 heavy (non-hydrogen) atoms. The number of allylic oxidation sites excluding steroid dienone is 1. The van der Waals surface area contributed by atoms with E-state index >= 15 is 0 Å². The average molecular weight is 299 g/mol. The van der Waals surface area contributed by atoms with Crippen LogP contribution < -0.4 is 5.32 Å². The van der Waals surface area contributed by atoms with Crippen molar-refractivity contribution in [1.29, 1.82) is 0 Å². The number of ether oxygens (including phenoxy) is 3. The predicted molar refractivity (Wildman–Crippen MR) is 79.7 cm³/mol. The summed E-state index contributed by atoms with van der Waals surface area (Å²) in [5.41, 5.74) is -0.534. The number of esters is 1. The summed E-state index contributed by atoms with van der Waals surface area (Å²) in [7, 11) is 0. The Morgan fingerprint density at radius 2 is 1.71 bits per heavy atom. The Balaban J connectivity index is 4.34. The van der Waals surface area contributed by atoms with Crippen molar-refractivity contribution < 1.29 is 23.8 Å².